The van der Waals surface area contributed by atoms with E-state index in [4.69, 9.17) is 10.5 Å². The van der Waals surface area contributed by atoms with Gasteiger partial charge in [-0.1, -0.05) is 12.1 Å². The number of ether oxygens (including phenoxy) is 1. The highest BCUT2D eigenvalue weighted by Gasteiger charge is 2.10. The molecule has 0 aliphatic heterocycles. The molecule has 2 rings (SSSR count). The fourth-order valence-corrected chi connectivity index (χ4v) is 3.01. The maximum Gasteiger partial charge on any atom is 0.165 e. The average molecular weight is 330 g/mol. The molecule has 0 saturated carbocycles. The van der Waals surface area contributed by atoms with E-state index in [1.54, 1.807) is 17.4 Å². The second kappa shape index (κ2) is 6.31. The SMILES string of the molecule is NCCc1cccc(F)c1OCc1sccc1Br. The van der Waals surface area contributed by atoms with Crippen LogP contribution in [-0.4, -0.2) is 6.54 Å². The summed E-state index contributed by atoms with van der Waals surface area (Å²) in [5, 5.41) is 1.96. The molecular formula is C13H13BrFNOS. The molecule has 0 radical (unpaired) electrons. The lowest BCUT2D eigenvalue weighted by Crippen LogP contribution is -2.06. The third-order valence-corrected chi connectivity index (χ3v) is 4.40. The van der Waals surface area contributed by atoms with Crippen LogP contribution in [0.15, 0.2) is 34.1 Å². The van der Waals surface area contributed by atoms with E-state index in [9.17, 15) is 4.39 Å². The summed E-state index contributed by atoms with van der Waals surface area (Å²) in [6.07, 6.45) is 0.610. The van der Waals surface area contributed by atoms with Gasteiger partial charge < -0.3 is 10.5 Å². The summed E-state index contributed by atoms with van der Waals surface area (Å²) in [5.74, 6) is -0.0307. The number of hydrogen-bond donors (Lipinski definition) is 1. The first kappa shape index (κ1) is 13.5. The molecule has 0 bridgehead atoms. The Morgan fingerprint density at radius 2 is 2.17 bits per heavy atom. The summed E-state index contributed by atoms with van der Waals surface area (Å²) in [4.78, 5) is 1.04. The molecular weight excluding hydrogens is 317 g/mol. The van der Waals surface area contributed by atoms with E-state index in [0.29, 0.717) is 25.3 Å². The Bertz CT molecular complexity index is 529. The number of para-hydroxylation sites is 1. The highest BCUT2D eigenvalue weighted by atomic mass is 79.9. The minimum Gasteiger partial charge on any atom is -0.485 e. The lowest BCUT2D eigenvalue weighted by Gasteiger charge is -2.11. The van der Waals surface area contributed by atoms with Crippen LogP contribution < -0.4 is 10.5 Å². The van der Waals surface area contributed by atoms with Crippen LogP contribution in [-0.2, 0) is 13.0 Å². The standard InChI is InChI=1S/C13H13BrFNOS/c14-10-5-7-18-12(10)8-17-13-9(4-6-16)2-1-3-11(13)15/h1-3,5,7H,4,6,8,16H2. The van der Waals surface area contributed by atoms with Crippen molar-refractivity contribution in [2.24, 2.45) is 5.73 Å². The molecule has 2 nitrogen and oxygen atoms in total. The van der Waals surface area contributed by atoms with Crippen molar-refractivity contribution in [3.63, 3.8) is 0 Å². The molecule has 0 spiro atoms. The Morgan fingerprint density at radius 3 is 2.83 bits per heavy atom. The Morgan fingerprint density at radius 1 is 1.33 bits per heavy atom. The molecule has 96 valence electrons. The highest BCUT2D eigenvalue weighted by Crippen LogP contribution is 2.27. The number of rotatable bonds is 5. The van der Waals surface area contributed by atoms with Crippen molar-refractivity contribution >= 4 is 27.3 Å². The molecule has 1 aromatic carbocycles. The molecule has 2 aromatic rings. The second-order valence-electron chi connectivity index (χ2n) is 3.75. The van der Waals surface area contributed by atoms with Crippen molar-refractivity contribution in [1.82, 2.24) is 0 Å². The van der Waals surface area contributed by atoms with Crippen LogP contribution in [0, 0.1) is 5.82 Å². The minimum atomic E-state index is -0.339. The molecule has 1 heterocycles. The van der Waals surface area contributed by atoms with Gasteiger partial charge in [0.1, 0.15) is 6.61 Å². The van der Waals surface area contributed by atoms with Crippen LogP contribution >= 0.6 is 27.3 Å². The summed E-state index contributed by atoms with van der Waals surface area (Å²) in [6, 6.07) is 6.87. The number of halogens is 2. The fraction of sp³-hybridized carbons (Fsp3) is 0.231. The van der Waals surface area contributed by atoms with Gasteiger partial charge in [-0.3, -0.25) is 0 Å². The smallest absolute Gasteiger partial charge is 0.165 e. The topological polar surface area (TPSA) is 35.2 Å². The number of thiophene rings is 1. The van der Waals surface area contributed by atoms with E-state index in [1.807, 2.05) is 17.5 Å². The predicted molar refractivity (Wildman–Crippen MR) is 75.5 cm³/mol. The van der Waals surface area contributed by atoms with Crippen molar-refractivity contribution in [1.29, 1.82) is 0 Å². The molecule has 0 amide bonds. The number of nitrogens with two attached hydrogens (primary N) is 1. The molecule has 0 fully saturated rings. The first-order valence-corrected chi connectivity index (χ1v) is 7.21. The monoisotopic (exact) mass is 329 g/mol. The third kappa shape index (κ3) is 3.10. The summed E-state index contributed by atoms with van der Waals surface area (Å²) in [6.45, 7) is 0.833. The zero-order chi connectivity index (χ0) is 13.0. The Kier molecular flexibility index (Phi) is 4.74. The van der Waals surface area contributed by atoms with Gasteiger partial charge in [0.25, 0.3) is 0 Å². The van der Waals surface area contributed by atoms with E-state index < -0.39 is 0 Å². The first-order valence-electron chi connectivity index (χ1n) is 5.54. The summed E-state index contributed by atoms with van der Waals surface area (Å²) >= 11 is 5.00. The molecule has 5 heteroatoms. The van der Waals surface area contributed by atoms with Crippen LogP contribution in [0.3, 0.4) is 0 Å². The van der Waals surface area contributed by atoms with Crippen LogP contribution in [0.2, 0.25) is 0 Å². The molecule has 0 aliphatic carbocycles. The van der Waals surface area contributed by atoms with Crippen LogP contribution in [0.25, 0.3) is 0 Å². The fourth-order valence-electron chi connectivity index (χ4n) is 1.63. The molecule has 0 atom stereocenters. The van der Waals surface area contributed by atoms with Gasteiger partial charge in [-0.2, -0.15) is 0 Å². The third-order valence-electron chi connectivity index (χ3n) is 2.50. The van der Waals surface area contributed by atoms with Gasteiger partial charge in [0, 0.05) is 4.47 Å². The van der Waals surface area contributed by atoms with Crippen LogP contribution in [0.4, 0.5) is 4.39 Å². The Balaban J connectivity index is 2.15. The highest BCUT2D eigenvalue weighted by molar-refractivity contribution is 9.10. The van der Waals surface area contributed by atoms with Crippen molar-refractivity contribution in [2.75, 3.05) is 6.54 Å². The maximum absolute atomic E-state index is 13.7. The molecule has 18 heavy (non-hydrogen) atoms. The minimum absolute atomic E-state index is 0.309. The van der Waals surface area contributed by atoms with E-state index in [-0.39, 0.29) is 5.82 Å². The quantitative estimate of drug-likeness (QED) is 0.907. The number of benzene rings is 1. The van der Waals surface area contributed by atoms with Gasteiger partial charge in [0.05, 0.1) is 4.88 Å². The van der Waals surface area contributed by atoms with Gasteiger partial charge in [-0.25, -0.2) is 4.39 Å². The van der Waals surface area contributed by atoms with Crippen molar-refractivity contribution in [3.8, 4) is 5.75 Å². The molecule has 0 aliphatic rings. The molecule has 1 aromatic heterocycles. The second-order valence-corrected chi connectivity index (χ2v) is 5.60. The molecule has 0 saturated heterocycles. The van der Waals surface area contributed by atoms with Gasteiger partial charge >= 0.3 is 0 Å². The van der Waals surface area contributed by atoms with Crippen LogP contribution in [0.1, 0.15) is 10.4 Å². The first-order chi connectivity index (χ1) is 8.72. The zero-order valence-electron chi connectivity index (χ0n) is 9.66. The largest absolute Gasteiger partial charge is 0.485 e. The summed E-state index contributed by atoms with van der Waals surface area (Å²) < 4.78 is 20.3. The van der Waals surface area contributed by atoms with Crippen molar-refractivity contribution in [2.45, 2.75) is 13.0 Å². The van der Waals surface area contributed by atoms with Crippen LogP contribution in [0.5, 0.6) is 5.75 Å². The lowest BCUT2D eigenvalue weighted by molar-refractivity contribution is 0.289. The van der Waals surface area contributed by atoms with Gasteiger partial charge in [0.2, 0.25) is 0 Å². The van der Waals surface area contributed by atoms with Gasteiger partial charge in [-0.05, 0) is 52.0 Å². The van der Waals surface area contributed by atoms with Gasteiger partial charge in [0.15, 0.2) is 11.6 Å². The molecule has 0 unspecified atom stereocenters. The normalized spacial score (nSPS) is 10.6. The molecule has 2 N–H and O–H groups in total. The van der Waals surface area contributed by atoms with E-state index >= 15 is 0 Å². The summed E-state index contributed by atoms with van der Waals surface area (Å²) in [7, 11) is 0. The Hall–Kier alpha value is -0.910. The predicted octanol–water partition coefficient (Wildman–Crippen LogP) is 3.73. The van der Waals surface area contributed by atoms with E-state index in [1.165, 1.54) is 6.07 Å². The van der Waals surface area contributed by atoms with E-state index in [0.717, 1.165) is 14.9 Å². The van der Waals surface area contributed by atoms with Crippen molar-refractivity contribution < 1.29 is 9.13 Å². The van der Waals surface area contributed by atoms with Gasteiger partial charge in [-0.15, -0.1) is 11.3 Å². The average Bonchev–Trinajstić information content (AvgIpc) is 2.75. The van der Waals surface area contributed by atoms with E-state index in [2.05, 4.69) is 15.9 Å². The zero-order valence-corrected chi connectivity index (χ0v) is 12.1. The Labute approximate surface area is 118 Å². The van der Waals surface area contributed by atoms with Crippen molar-refractivity contribution in [3.05, 3.63) is 50.4 Å². The maximum atomic E-state index is 13.7. The lowest BCUT2D eigenvalue weighted by atomic mass is 10.1. The summed E-state index contributed by atoms with van der Waals surface area (Å²) in [5.41, 5.74) is 6.32. The number of hydrogen-bond acceptors (Lipinski definition) is 3.